The summed E-state index contributed by atoms with van der Waals surface area (Å²) in [5.41, 5.74) is 0.875. The molecule has 1 saturated heterocycles. The van der Waals surface area contributed by atoms with Crippen LogP contribution in [0.4, 0.5) is 0 Å². The number of carbonyl (C=O) groups is 1. The average Bonchev–Trinajstić information content (AvgIpc) is 2.52. The zero-order valence-corrected chi connectivity index (χ0v) is 15.3. The van der Waals surface area contributed by atoms with Crippen LogP contribution in [-0.2, 0) is 16.1 Å². The molecule has 1 aliphatic rings. The van der Waals surface area contributed by atoms with Crippen LogP contribution >= 0.6 is 0 Å². The molecule has 6 nitrogen and oxygen atoms in total. The van der Waals surface area contributed by atoms with E-state index in [9.17, 15) is 4.79 Å². The third kappa shape index (κ3) is 4.68. The molecule has 2 heterocycles. The fourth-order valence-corrected chi connectivity index (χ4v) is 3.36. The number of carbonyl (C=O) groups excluding carboxylic acids is 1. The highest BCUT2D eigenvalue weighted by Crippen LogP contribution is 2.19. The first-order valence-corrected chi connectivity index (χ1v) is 8.57. The molecule has 1 N–H and O–H groups in total. The van der Waals surface area contributed by atoms with Gasteiger partial charge in [0.05, 0.1) is 25.4 Å². The van der Waals surface area contributed by atoms with Gasteiger partial charge in [-0.1, -0.05) is 19.9 Å². The van der Waals surface area contributed by atoms with Gasteiger partial charge in [0.1, 0.15) is 0 Å². The van der Waals surface area contributed by atoms with Crippen LogP contribution in [0.25, 0.3) is 0 Å². The minimum atomic E-state index is -0.165. The Morgan fingerprint density at radius 1 is 1.42 bits per heavy atom. The van der Waals surface area contributed by atoms with Crippen molar-refractivity contribution < 1.29 is 14.3 Å². The molecule has 0 bridgehead atoms. The SMILES string of the molecule is COc1ncccc1CNC(=O)[C@H](C(C)C)N1C[C@H](C)O[C@@H](C)C1. The molecule has 0 aromatic carbocycles. The Labute approximate surface area is 144 Å². The first-order chi connectivity index (χ1) is 11.4. The van der Waals surface area contributed by atoms with Crippen LogP contribution in [0.2, 0.25) is 0 Å². The second-order valence-electron chi connectivity index (χ2n) is 6.79. The Kier molecular flexibility index (Phi) is 6.57. The maximum Gasteiger partial charge on any atom is 0.237 e. The highest BCUT2D eigenvalue weighted by molar-refractivity contribution is 5.82. The number of hydrogen-bond donors (Lipinski definition) is 1. The molecule has 1 fully saturated rings. The molecule has 0 saturated carbocycles. The second-order valence-corrected chi connectivity index (χ2v) is 6.79. The number of aromatic nitrogens is 1. The average molecular weight is 335 g/mol. The maximum absolute atomic E-state index is 12.8. The van der Waals surface area contributed by atoms with Gasteiger partial charge in [-0.25, -0.2) is 4.98 Å². The fraction of sp³-hybridized carbons (Fsp3) is 0.667. The number of nitrogens with one attached hydrogen (secondary N) is 1. The third-order valence-corrected chi connectivity index (χ3v) is 4.24. The Bertz CT molecular complexity index is 540. The van der Waals surface area contributed by atoms with Crippen molar-refractivity contribution in [3.8, 4) is 5.88 Å². The number of ether oxygens (including phenoxy) is 2. The molecule has 134 valence electrons. The highest BCUT2D eigenvalue weighted by atomic mass is 16.5. The van der Waals surface area contributed by atoms with Crippen molar-refractivity contribution in [3.63, 3.8) is 0 Å². The Hall–Kier alpha value is -1.66. The lowest BCUT2D eigenvalue weighted by Gasteiger charge is -2.41. The van der Waals surface area contributed by atoms with E-state index in [0.717, 1.165) is 18.7 Å². The predicted octanol–water partition coefficient (Wildman–Crippen LogP) is 1.84. The number of hydrogen-bond acceptors (Lipinski definition) is 5. The summed E-state index contributed by atoms with van der Waals surface area (Å²) in [7, 11) is 1.58. The molecular weight excluding hydrogens is 306 g/mol. The molecule has 1 aromatic heterocycles. The van der Waals surface area contributed by atoms with E-state index in [2.05, 4.69) is 42.9 Å². The van der Waals surface area contributed by atoms with Crippen molar-refractivity contribution in [3.05, 3.63) is 23.9 Å². The fourth-order valence-electron chi connectivity index (χ4n) is 3.36. The summed E-state index contributed by atoms with van der Waals surface area (Å²) < 4.78 is 11.0. The van der Waals surface area contributed by atoms with Gasteiger partial charge < -0.3 is 14.8 Å². The summed E-state index contributed by atoms with van der Waals surface area (Å²) in [5.74, 6) is 0.808. The van der Waals surface area contributed by atoms with E-state index in [1.165, 1.54) is 0 Å². The third-order valence-electron chi connectivity index (χ3n) is 4.24. The molecule has 0 spiro atoms. The summed E-state index contributed by atoms with van der Waals surface area (Å²) in [6.07, 6.45) is 1.96. The van der Waals surface area contributed by atoms with Crippen LogP contribution < -0.4 is 10.1 Å². The van der Waals surface area contributed by atoms with Gasteiger partial charge in [-0.3, -0.25) is 9.69 Å². The molecule has 3 atom stereocenters. The molecule has 0 radical (unpaired) electrons. The first-order valence-electron chi connectivity index (χ1n) is 8.57. The summed E-state index contributed by atoms with van der Waals surface area (Å²) in [6, 6.07) is 3.59. The van der Waals surface area contributed by atoms with Crippen molar-refractivity contribution in [1.82, 2.24) is 15.2 Å². The normalized spacial score (nSPS) is 23.1. The van der Waals surface area contributed by atoms with Crippen LogP contribution in [-0.4, -0.2) is 54.2 Å². The number of rotatable bonds is 6. The van der Waals surface area contributed by atoms with Crippen molar-refractivity contribution in [2.45, 2.75) is 52.5 Å². The van der Waals surface area contributed by atoms with Crippen LogP contribution in [0.15, 0.2) is 18.3 Å². The predicted molar refractivity (Wildman–Crippen MR) is 92.8 cm³/mol. The minimum absolute atomic E-state index is 0.0391. The van der Waals surface area contributed by atoms with Crippen molar-refractivity contribution in [2.75, 3.05) is 20.2 Å². The molecule has 1 aliphatic heterocycles. The van der Waals surface area contributed by atoms with Crippen molar-refractivity contribution in [1.29, 1.82) is 0 Å². The van der Waals surface area contributed by atoms with Gasteiger partial charge in [0, 0.05) is 31.4 Å². The largest absolute Gasteiger partial charge is 0.481 e. The van der Waals surface area contributed by atoms with E-state index in [1.807, 2.05) is 12.1 Å². The summed E-state index contributed by atoms with van der Waals surface area (Å²) in [5, 5.41) is 3.04. The molecule has 0 aliphatic carbocycles. The summed E-state index contributed by atoms with van der Waals surface area (Å²) in [4.78, 5) is 19.2. The van der Waals surface area contributed by atoms with E-state index in [4.69, 9.17) is 9.47 Å². The molecule has 0 unspecified atom stereocenters. The molecular formula is C18H29N3O3. The van der Waals surface area contributed by atoms with Gasteiger partial charge >= 0.3 is 0 Å². The van der Waals surface area contributed by atoms with Gasteiger partial charge in [-0.15, -0.1) is 0 Å². The van der Waals surface area contributed by atoms with Gasteiger partial charge in [-0.2, -0.15) is 0 Å². The molecule has 24 heavy (non-hydrogen) atoms. The van der Waals surface area contributed by atoms with Gasteiger partial charge in [-0.05, 0) is 25.8 Å². The summed E-state index contributed by atoms with van der Waals surface area (Å²) >= 11 is 0. The smallest absolute Gasteiger partial charge is 0.237 e. The van der Waals surface area contributed by atoms with Crippen LogP contribution in [0.3, 0.4) is 0 Å². The number of pyridine rings is 1. The number of nitrogens with zero attached hydrogens (tertiary/aromatic N) is 2. The maximum atomic E-state index is 12.8. The summed E-state index contributed by atoms with van der Waals surface area (Å²) in [6.45, 7) is 10.2. The number of amides is 1. The van der Waals surface area contributed by atoms with Gasteiger partial charge in [0.2, 0.25) is 11.8 Å². The number of methoxy groups -OCH3 is 1. The van der Waals surface area contributed by atoms with E-state index in [-0.39, 0.29) is 30.1 Å². The Morgan fingerprint density at radius 3 is 2.67 bits per heavy atom. The quantitative estimate of drug-likeness (QED) is 0.859. The van der Waals surface area contributed by atoms with Gasteiger partial charge in [0.25, 0.3) is 0 Å². The highest BCUT2D eigenvalue weighted by Gasteiger charge is 2.34. The van der Waals surface area contributed by atoms with E-state index in [0.29, 0.717) is 12.4 Å². The van der Waals surface area contributed by atoms with E-state index in [1.54, 1.807) is 13.3 Å². The van der Waals surface area contributed by atoms with Crippen LogP contribution in [0.5, 0.6) is 5.88 Å². The zero-order chi connectivity index (χ0) is 17.7. The topological polar surface area (TPSA) is 63.7 Å². The minimum Gasteiger partial charge on any atom is -0.481 e. The second kappa shape index (κ2) is 8.44. The zero-order valence-electron chi connectivity index (χ0n) is 15.3. The van der Waals surface area contributed by atoms with Crippen molar-refractivity contribution >= 4 is 5.91 Å². The van der Waals surface area contributed by atoms with E-state index >= 15 is 0 Å². The molecule has 1 amide bonds. The first kappa shape index (κ1) is 18.7. The van der Waals surface area contributed by atoms with Crippen LogP contribution in [0.1, 0.15) is 33.3 Å². The molecule has 1 aromatic rings. The van der Waals surface area contributed by atoms with Crippen molar-refractivity contribution in [2.24, 2.45) is 5.92 Å². The van der Waals surface area contributed by atoms with Gasteiger partial charge in [0.15, 0.2) is 0 Å². The number of morpholine rings is 1. The monoisotopic (exact) mass is 335 g/mol. The lowest BCUT2D eigenvalue weighted by Crippen LogP contribution is -2.56. The Morgan fingerprint density at radius 2 is 2.08 bits per heavy atom. The lowest BCUT2D eigenvalue weighted by atomic mass is 9.99. The molecule has 6 heteroatoms. The van der Waals surface area contributed by atoms with E-state index < -0.39 is 0 Å². The standard InChI is InChI=1S/C18H29N3O3/c1-12(2)16(21-10-13(3)24-14(4)11-21)17(22)20-9-15-7-6-8-19-18(15)23-5/h6-8,12-14,16H,9-11H2,1-5H3,(H,20,22)/t13-,14-,16-/m0/s1. The lowest BCUT2D eigenvalue weighted by molar-refractivity contribution is -0.135. The van der Waals surface area contributed by atoms with Crippen LogP contribution in [0, 0.1) is 5.92 Å². The Balaban J connectivity index is 2.04. The molecule has 2 rings (SSSR count).